The lowest BCUT2D eigenvalue weighted by Crippen LogP contribution is -2.35. The minimum absolute atomic E-state index is 0.0699. The second-order valence-corrected chi connectivity index (χ2v) is 10.0. The third-order valence-corrected chi connectivity index (χ3v) is 8.39. The fourth-order valence-electron chi connectivity index (χ4n) is 3.07. The molecule has 0 N–H and O–H groups in total. The average molecular weight is 377 g/mol. The largest absolute Gasteiger partial charge is 0.274 e. The molecule has 1 aliphatic heterocycles. The summed E-state index contributed by atoms with van der Waals surface area (Å²) in [5, 5.41) is 2.94. The van der Waals surface area contributed by atoms with Crippen molar-refractivity contribution in [2.45, 2.75) is 30.5 Å². The van der Waals surface area contributed by atoms with Gasteiger partial charge in [-0.2, -0.15) is 0 Å². The third-order valence-electron chi connectivity index (χ3n) is 4.11. The van der Waals surface area contributed by atoms with Crippen LogP contribution in [0.25, 0.3) is 10.6 Å². The number of nitrogens with zero attached hydrogens (tertiary/aromatic N) is 2. The average Bonchev–Trinajstić information content (AvgIpc) is 3.23. The molecule has 0 fully saturated rings. The molecule has 3 heterocycles. The van der Waals surface area contributed by atoms with Crippen LogP contribution in [0.5, 0.6) is 0 Å². The normalized spacial score (nSPS) is 17.2. The summed E-state index contributed by atoms with van der Waals surface area (Å²) in [6.07, 6.45) is 0.749. The van der Waals surface area contributed by atoms with Crippen molar-refractivity contribution in [3.05, 3.63) is 52.3 Å². The van der Waals surface area contributed by atoms with E-state index in [0.717, 1.165) is 33.3 Å². The van der Waals surface area contributed by atoms with Gasteiger partial charge in [0.25, 0.3) is 10.0 Å². The van der Waals surface area contributed by atoms with Gasteiger partial charge < -0.3 is 0 Å². The van der Waals surface area contributed by atoms with Crippen LogP contribution in [0.4, 0.5) is 5.69 Å². The Balaban J connectivity index is 1.75. The van der Waals surface area contributed by atoms with Crippen molar-refractivity contribution in [3.63, 3.8) is 0 Å². The van der Waals surface area contributed by atoms with Gasteiger partial charge in [0.1, 0.15) is 4.21 Å². The molecule has 0 saturated carbocycles. The van der Waals surface area contributed by atoms with Gasteiger partial charge in [0, 0.05) is 11.4 Å². The van der Waals surface area contributed by atoms with Crippen LogP contribution in [-0.4, -0.2) is 19.4 Å². The Hall–Kier alpha value is -1.70. The highest BCUT2D eigenvalue weighted by atomic mass is 32.2. The van der Waals surface area contributed by atoms with Gasteiger partial charge in [0.15, 0.2) is 0 Å². The van der Waals surface area contributed by atoms with Crippen LogP contribution in [-0.2, 0) is 16.4 Å². The van der Waals surface area contributed by atoms with Gasteiger partial charge in [-0.25, -0.2) is 13.4 Å². The number of sulfonamides is 1. The van der Waals surface area contributed by atoms with Crippen LogP contribution < -0.4 is 4.31 Å². The maximum absolute atomic E-state index is 13.2. The zero-order valence-corrected chi connectivity index (χ0v) is 15.7. The molecule has 1 atom stereocenters. The number of aryl methyl sites for hydroxylation is 1. The lowest BCUT2D eigenvalue weighted by molar-refractivity contribution is 0.586. The summed E-state index contributed by atoms with van der Waals surface area (Å²) >= 11 is 2.85. The molecule has 1 aliphatic rings. The van der Waals surface area contributed by atoms with E-state index in [1.165, 1.54) is 11.3 Å². The first-order valence-corrected chi connectivity index (χ1v) is 10.7. The van der Waals surface area contributed by atoms with Crippen LogP contribution >= 0.6 is 22.7 Å². The number of fused-ring (bicyclic) bond motifs is 1. The summed E-state index contributed by atoms with van der Waals surface area (Å²) in [6, 6.07) is 11.2. The molecule has 4 rings (SSSR count). The molecular formula is C17H16N2O2S3. The van der Waals surface area contributed by atoms with E-state index in [4.69, 9.17) is 0 Å². The smallest absolute Gasteiger partial charge is 0.262 e. The van der Waals surface area contributed by atoms with Crippen molar-refractivity contribution in [1.29, 1.82) is 0 Å². The summed E-state index contributed by atoms with van der Waals surface area (Å²) in [5.74, 6) is 0. The van der Waals surface area contributed by atoms with E-state index in [-0.39, 0.29) is 6.04 Å². The van der Waals surface area contributed by atoms with E-state index in [0.29, 0.717) is 4.21 Å². The first-order valence-electron chi connectivity index (χ1n) is 7.61. The fourth-order valence-corrected chi connectivity index (χ4v) is 6.81. The van der Waals surface area contributed by atoms with E-state index >= 15 is 0 Å². The Kier molecular flexibility index (Phi) is 3.74. The summed E-state index contributed by atoms with van der Waals surface area (Å²) in [7, 11) is -3.55. The molecule has 0 bridgehead atoms. The molecule has 124 valence electrons. The Labute approximate surface area is 149 Å². The van der Waals surface area contributed by atoms with E-state index in [1.54, 1.807) is 21.7 Å². The second kappa shape index (κ2) is 5.68. The third kappa shape index (κ3) is 2.47. The van der Waals surface area contributed by atoms with Gasteiger partial charge in [-0.15, -0.1) is 22.7 Å². The van der Waals surface area contributed by atoms with Gasteiger partial charge in [0.2, 0.25) is 0 Å². The van der Waals surface area contributed by atoms with Crippen molar-refractivity contribution in [1.82, 2.24) is 4.98 Å². The predicted molar refractivity (Wildman–Crippen MR) is 99.4 cm³/mol. The molecule has 3 aromatic rings. The summed E-state index contributed by atoms with van der Waals surface area (Å²) in [6.45, 7) is 3.90. The molecule has 24 heavy (non-hydrogen) atoms. The van der Waals surface area contributed by atoms with Crippen molar-refractivity contribution in [2.75, 3.05) is 4.31 Å². The van der Waals surface area contributed by atoms with Gasteiger partial charge in [0.05, 0.1) is 21.3 Å². The highest BCUT2D eigenvalue weighted by Crippen LogP contribution is 2.39. The minimum Gasteiger partial charge on any atom is -0.262 e. The van der Waals surface area contributed by atoms with Gasteiger partial charge >= 0.3 is 0 Å². The number of benzene rings is 1. The number of hydrogen-bond acceptors (Lipinski definition) is 5. The molecule has 0 radical (unpaired) electrons. The Bertz CT molecular complexity index is 1000. The monoisotopic (exact) mass is 376 g/mol. The van der Waals surface area contributed by atoms with Gasteiger partial charge in [-0.1, -0.05) is 18.2 Å². The highest BCUT2D eigenvalue weighted by molar-refractivity contribution is 7.94. The standard InChI is InChI=1S/C17H16N2O2S3/c1-11-9-13-5-3-4-6-15(13)19(11)24(20,21)17-8-7-16(23-17)14-10-22-12(2)18-14/h3-8,10-11H,9H2,1-2H3. The molecule has 7 heteroatoms. The topological polar surface area (TPSA) is 50.3 Å². The lowest BCUT2D eigenvalue weighted by Gasteiger charge is -2.23. The van der Waals surface area contributed by atoms with Crippen molar-refractivity contribution in [2.24, 2.45) is 0 Å². The summed E-state index contributed by atoms with van der Waals surface area (Å²) in [5.41, 5.74) is 2.73. The maximum atomic E-state index is 13.2. The molecule has 0 amide bonds. The number of anilines is 1. The van der Waals surface area contributed by atoms with E-state index in [2.05, 4.69) is 4.98 Å². The first-order chi connectivity index (χ1) is 11.5. The van der Waals surface area contributed by atoms with Gasteiger partial charge in [-0.3, -0.25) is 4.31 Å². The van der Waals surface area contributed by atoms with Crippen LogP contribution in [0.3, 0.4) is 0 Å². The molecule has 0 spiro atoms. The zero-order valence-electron chi connectivity index (χ0n) is 13.3. The van der Waals surface area contributed by atoms with Crippen molar-refractivity contribution in [3.8, 4) is 10.6 Å². The quantitative estimate of drug-likeness (QED) is 0.684. The number of aromatic nitrogens is 1. The Morgan fingerprint density at radius 3 is 2.75 bits per heavy atom. The molecule has 1 unspecified atom stereocenters. The second-order valence-electron chi connectivity index (χ2n) is 5.85. The number of rotatable bonds is 3. The van der Waals surface area contributed by atoms with Crippen molar-refractivity contribution >= 4 is 38.4 Å². The van der Waals surface area contributed by atoms with E-state index in [1.807, 2.05) is 49.6 Å². The zero-order chi connectivity index (χ0) is 16.9. The Morgan fingerprint density at radius 1 is 1.21 bits per heavy atom. The summed E-state index contributed by atoms with van der Waals surface area (Å²) < 4.78 is 28.3. The lowest BCUT2D eigenvalue weighted by atomic mass is 10.1. The predicted octanol–water partition coefficient (Wildman–Crippen LogP) is 4.32. The van der Waals surface area contributed by atoms with Gasteiger partial charge in [-0.05, 0) is 44.0 Å². The number of para-hydroxylation sites is 1. The van der Waals surface area contributed by atoms with E-state index < -0.39 is 10.0 Å². The number of hydrogen-bond donors (Lipinski definition) is 0. The minimum atomic E-state index is -3.55. The SMILES string of the molecule is Cc1nc(-c2ccc(S(=O)(=O)N3c4ccccc4CC3C)s2)cs1. The number of thiophene rings is 1. The molecule has 0 aliphatic carbocycles. The Morgan fingerprint density at radius 2 is 2.00 bits per heavy atom. The highest BCUT2D eigenvalue weighted by Gasteiger charge is 2.36. The van der Waals surface area contributed by atoms with Crippen LogP contribution in [0.15, 0.2) is 46.0 Å². The van der Waals surface area contributed by atoms with Crippen LogP contribution in [0.1, 0.15) is 17.5 Å². The molecular weight excluding hydrogens is 360 g/mol. The maximum Gasteiger partial charge on any atom is 0.274 e. The van der Waals surface area contributed by atoms with Crippen LogP contribution in [0.2, 0.25) is 0 Å². The first kappa shape index (κ1) is 15.8. The van der Waals surface area contributed by atoms with Crippen molar-refractivity contribution < 1.29 is 8.42 Å². The van der Waals surface area contributed by atoms with Crippen LogP contribution in [0, 0.1) is 6.92 Å². The number of thiazole rings is 1. The molecule has 0 saturated heterocycles. The van der Waals surface area contributed by atoms with E-state index in [9.17, 15) is 8.42 Å². The fraction of sp³-hybridized carbons (Fsp3) is 0.235. The molecule has 4 nitrogen and oxygen atoms in total. The summed E-state index contributed by atoms with van der Waals surface area (Å²) in [4.78, 5) is 5.33. The molecule has 1 aromatic carbocycles. The molecule has 2 aromatic heterocycles.